The van der Waals surface area contributed by atoms with Crippen molar-refractivity contribution in [3.63, 3.8) is 0 Å². The van der Waals surface area contributed by atoms with Gasteiger partial charge < -0.3 is 10.2 Å². The second-order valence-electron chi connectivity index (χ2n) is 5.76. The highest BCUT2D eigenvalue weighted by Gasteiger charge is 2.36. The van der Waals surface area contributed by atoms with Crippen LogP contribution in [0.5, 0.6) is 0 Å². The summed E-state index contributed by atoms with van der Waals surface area (Å²) in [6.07, 6.45) is 3.95. The number of nitrogens with one attached hydrogen (secondary N) is 1. The van der Waals surface area contributed by atoms with Gasteiger partial charge in [-0.2, -0.15) is 0 Å². The van der Waals surface area contributed by atoms with Gasteiger partial charge in [0, 0.05) is 25.3 Å². The molecule has 90 valence electrons. The zero-order valence-corrected chi connectivity index (χ0v) is 10.3. The van der Waals surface area contributed by atoms with Crippen LogP contribution in [-0.2, 0) is 6.42 Å². The standard InChI is InChI=1S/C15H20N2/c1-3-11-4-2-8-17-10-12-9-16-7-6-13(12)14(5-1)15(11)17/h1,3,5,12-13,16H,2,4,6-10H2. The zero-order valence-electron chi connectivity index (χ0n) is 10.3. The zero-order chi connectivity index (χ0) is 11.2. The molecule has 2 atom stereocenters. The molecule has 0 amide bonds. The molecule has 0 saturated carbocycles. The molecule has 0 radical (unpaired) electrons. The third-order valence-corrected chi connectivity index (χ3v) is 4.80. The number of rotatable bonds is 0. The molecule has 17 heavy (non-hydrogen) atoms. The molecule has 0 spiro atoms. The molecule has 3 aliphatic heterocycles. The Balaban J connectivity index is 1.85. The first-order valence-corrected chi connectivity index (χ1v) is 7.01. The third-order valence-electron chi connectivity index (χ3n) is 4.80. The molecule has 3 aliphatic rings. The van der Waals surface area contributed by atoms with Crippen LogP contribution >= 0.6 is 0 Å². The summed E-state index contributed by atoms with van der Waals surface area (Å²) in [6, 6.07) is 7.01. The molecule has 4 rings (SSSR count). The van der Waals surface area contributed by atoms with Crippen LogP contribution < -0.4 is 10.2 Å². The highest BCUT2D eigenvalue weighted by atomic mass is 15.2. The third kappa shape index (κ3) is 1.43. The molecular formula is C15H20N2. The first kappa shape index (κ1) is 9.95. The van der Waals surface area contributed by atoms with E-state index in [0.29, 0.717) is 0 Å². The number of nitrogens with zero attached hydrogens (tertiary/aromatic N) is 1. The fourth-order valence-corrected chi connectivity index (χ4v) is 4.06. The number of piperidine rings is 1. The van der Waals surface area contributed by atoms with Crippen molar-refractivity contribution in [2.45, 2.75) is 25.2 Å². The van der Waals surface area contributed by atoms with Gasteiger partial charge in [0.05, 0.1) is 0 Å². The summed E-state index contributed by atoms with van der Waals surface area (Å²) in [5.74, 6) is 1.66. The average molecular weight is 228 g/mol. The van der Waals surface area contributed by atoms with E-state index in [1.165, 1.54) is 45.4 Å². The summed E-state index contributed by atoms with van der Waals surface area (Å²) in [5.41, 5.74) is 4.87. The van der Waals surface area contributed by atoms with Crippen LogP contribution in [0.15, 0.2) is 18.2 Å². The normalized spacial score (nSPS) is 30.7. The van der Waals surface area contributed by atoms with Gasteiger partial charge in [0.15, 0.2) is 0 Å². The second kappa shape index (κ2) is 3.74. The van der Waals surface area contributed by atoms with Crippen molar-refractivity contribution in [2.75, 3.05) is 31.1 Å². The van der Waals surface area contributed by atoms with Crippen molar-refractivity contribution in [2.24, 2.45) is 5.92 Å². The lowest BCUT2D eigenvalue weighted by Crippen LogP contribution is -2.47. The van der Waals surface area contributed by atoms with Gasteiger partial charge in [0.1, 0.15) is 0 Å². The predicted octanol–water partition coefficient (Wildman–Crippen LogP) is 2.15. The predicted molar refractivity (Wildman–Crippen MR) is 70.7 cm³/mol. The van der Waals surface area contributed by atoms with Crippen LogP contribution in [0.25, 0.3) is 0 Å². The molecule has 1 saturated heterocycles. The Morgan fingerprint density at radius 2 is 2.29 bits per heavy atom. The quantitative estimate of drug-likeness (QED) is 0.732. The lowest BCUT2D eigenvalue weighted by molar-refractivity contribution is 0.311. The summed E-state index contributed by atoms with van der Waals surface area (Å²) in [5, 5.41) is 3.57. The van der Waals surface area contributed by atoms with Crippen LogP contribution in [0, 0.1) is 5.92 Å². The molecule has 1 aromatic rings. The van der Waals surface area contributed by atoms with Crippen LogP contribution in [0.4, 0.5) is 5.69 Å². The van der Waals surface area contributed by atoms with Gasteiger partial charge in [-0.15, -0.1) is 0 Å². The summed E-state index contributed by atoms with van der Waals surface area (Å²) in [6.45, 7) is 4.96. The average Bonchev–Trinajstić information content (AvgIpc) is 2.39. The van der Waals surface area contributed by atoms with Crippen molar-refractivity contribution in [1.82, 2.24) is 5.32 Å². The van der Waals surface area contributed by atoms with E-state index in [1.54, 1.807) is 16.8 Å². The van der Waals surface area contributed by atoms with E-state index in [2.05, 4.69) is 28.4 Å². The van der Waals surface area contributed by atoms with Crippen molar-refractivity contribution < 1.29 is 0 Å². The van der Waals surface area contributed by atoms with Crippen LogP contribution in [0.3, 0.4) is 0 Å². The molecule has 2 unspecified atom stereocenters. The van der Waals surface area contributed by atoms with Gasteiger partial charge in [0.2, 0.25) is 0 Å². The SMILES string of the molecule is c1cc2c3c(c1)C1CCNCC1CN3CCC2. The molecule has 2 nitrogen and oxygen atoms in total. The monoisotopic (exact) mass is 228 g/mol. The van der Waals surface area contributed by atoms with Crippen molar-refractivity contribution >= 4 is 5.69 Å². The second-order valence-corrected chi connectivity index (χ2v) is 5.76. The first-order valence-electron chi connectivity index (χ1n) is 7.01. The van der Waals surface area contributed by atoms with Gasteiger partial charge >= 0.3 is 0 Å². The minimum atomic E-state index is 0.820. The van der Waals surface area contributed by atoms with E-state index in [4.69, 9.17) is 0 Å². The van der Waals surface area contributed by atoms with Crippen LogP contribution in [0.2, 0.25) is 0 Å². The Morgan fingerprint density at radius 1 is 1.29 bits per heavy atom. The first-order chi connectivity index (χ1) is 8.43. The van der Waals surface area contributed by atoms with E-state index >= 15 is 0 Å². The highest BCUT2D eigenvalue weighted by Crippen LogP contribution is 2.44. The van der Waals surface area contributed by atoms with Crippen LogP contribution in [-0.4, -0.2) is 26.2 Å². The maximum Gasteiger partial charge on any atom is 0.0434 e. The fraction of sp³-hybridized carbons (Fsp3) is 0.600. The Labute approximate surface area is 103 Å². The van der Waals surface area contributed by atoms with E-state index in [0.717, 1.165) is 11.8 Å². The van der Waals surface area contributed by atoms with Crippen molar-refractivity contribution in [3.8, 4) is 0 Å². The summed E-state index contributed by atoms with van der Waals surface area (Å²) in [7, 11) is 0. The maximum absolute atomic E-state index is 3.57. The molecule has 0 aliphatic carbocycles. The maximum atomic E-state index is 3.57. The molecular weight excluding hydrogens is 208 g/mol. The van der Waals surface area contributed by atoms with E-state index in [9.17, 15) is 0 Å². The number of anilines is 1. The summed E-state index contributed by atoms with van der Waals surface area (Å²) < 4.78 is 0. The Bertz CT molecular complexity index is 441. The smallest absolute Gasteiger partial charge is 0.0434 e. The topological polar surface area (TPSA) is 15.3 Å². The number of fused-ring (bicyclic) bond motifs is 2. The Hall–Kier alpha value is -1.02. The fourth-order valence-electron chi connectivity index (χ4n) is 4.06. The molecule has 2 heteroatoms. The van der Waals surface area contributed by atoms with Gasteiger partial charge in [-0.05, 0) is 48.8 Å². The van der Waals surface area contributed by atoms with Gasteiger partial charge in [0.25, 0.3) is 0 Å². The number of para-hydroxylation sites is 1. The van der Waals surface area contributed by atoms with Gasteiger partial charge in [-0.1, -0.05) is 18.2 Å². The Morgan fingerprint density at radius 3 is 3.29 bits per heavy atom. The Kier molecular flexibility index (Phi) is 2.19. The largest absolute Gasteiger partial charge is 0.371 e. The lowest BCUT2D eigenvalue weighted by atomic mass is 9.75. The minimum Gasteiger partial charge on any atom is -0.371 e. The molecule has 3 heterocycles. The number of hydrogen-bond donors (Lipinski definition) is 1. The molecule has 1 aromatic carbocycles. The van der Waals surface area contributed by atoms with Gasteiger partial charge in [-0.3, -0.25) is 0 Å². The van der Waals surface area contributed by atoms with E-state index in [-0.39, 0.29) is 0 Å². The summed E-state index contributed by atoms with van der Waals surface area (Å²) >= 11 is 0. The molecule has 0 bridgehead atoms. The molecule has 0 aromatic heterocycles. The minimum absolute atomic E-state index is 0.820. The van der Waals surface area contributed by atoms with E-state index in [1.807, 2.05) is 0 Å². The lowest BCUT2D eigenvalue weighted by Gasteiger charge is -2.46. The summed E-state index contributed by atoms with van der Waals surface area (Å²) in [4.78, 5) is 2.66. The number of benzene rings is 1. The number of aryl methyl sites for hydroxylation is 1. The number of hydrogen-bond acceptors (Lipinski definition) is 2. The molecule has 1 N–H and O–H groups in total. The highest BCUT2D eigenvalue weighted by molar-refractivity contribution is 5.64. The molecule has 1 fully saturated rings. The van der Waals surface area contributed by atoms with Crippen LogP contribution in [0.1, 0.15) is 29.9 Å². The van der Waals surface area contributed by atoms with Crippen molar-refractivity contribution in [1.29, 1.82) is 0 Å². The van der Waals surface area contributed by atoms with Crippen molar-refractivity contribution in [3.05, 3.63) is 29.3 Å². The van der Waals surface area contributed by atoms with E-state index < -0.39 is 0 Å². The van der Waals surface area contributed by atoms with Gasteiger partial charge in [-0.25, -0.2) is 0 Å².